The predicted molar refractivity (Wildman–Crippen MR) is 244 cm³/mol. The lowest BCUT2D eigenvalue weighted by atomic mass is 9.80. The summed E-state index contributed by atoms with van der Waals surface area (Å²) in [7, 11) is 1.56. The Kier molecular flexibility index (Phi) is 14.3. The van der Waals surface area contributed by atoms with Crippen molar-refractivity contribution < 1.29 is 37.4 Å². The van der Waals surface area contributed by atoms with Crippen LogP contribution in [-0.2, 0) is 23.9 Å². The van der Waals surface area contributed by atoms with Crippen LogP contribution in [-0.4, -0.2) is 82.6 Å². The number of benzene rings is 1. The van der Waals surface area contributed by atoms with Gasteiger partial charge in [0.25, 0.3) is 17.4 Å². The molecule has 4 aromatic heterocycles. The van der Waals surface area contributed by atoms with Gasteiger partial charge in [-0.25, -0.2) is 9.97 Å². The molecule has 0 bridgehead atoms. The first-order chi connectivity index (χ1) is 31.3. The van der Waals surface area contributed by atoms with Gasteiger partial charge in [0.2, 0.25) is 16.4 Å². The van der Waals surface area contributed by atoms with Crippen LogP contribution in [0.5, 0.6) is 11.5 Å². The third kappa shape index (κ3) is 9.82. The largest absolute Gasteiger partial charge is 0.505 e. The molecule has 4 atom stereocenters. The fourth-order valence-electron chi connectivity index (χ4n) is 9.70. The highest BCUT2D eigenvalue weighted by atomic mass is 79.9. The summed E-state index contributed by atoms with van der Waals surface area (Å²) in [6.07, 6.45) is 5.57. The first-order valence-corrected chi connectivity index (χ1v) is 22.8. The molecule has 0 aliphatic heterocycles. The van der Waals surface area contributed by atoms with Crippen LogP contribution in [0.1, 0.15) is 116 Å². The van der Waals surface area contributed by atoms with Gasteiger partial charge in [-0.2, -0.15) is 22.7 Å². The van der Waals surface area contributed by atoms with Crippen LogP contribution in [0.4, 0.5) is 18.9 Å². The highest BCUT2D eigenvalue weighted by Crippen LogP contribution is 2.53. The molecule has 1 saturated carbocycles. The molecule has 5 aromatic rings. The van der Waals surface area contributed by atoms with Gasteiger partial charge < -0.3 is 29.9 Å². The van der Waals surface area contributed by atoms with E-state index in [1.54, 1.807) is 46.1 Å². The molecule has 8 rings (SSSR count). The predicted octanol–water partition coefficient (Wildman–Crippen LogP) is 8.52. The zero-order chi connectivity index (χ0) is 47.7. The number of fused-ring (bicyclic) bond motifs is 2. The maximum absolute atomic E-state index is 13.6. The Balaban J connectivity index is 0.000000245. The van der Waals surface area contributed by atoms with Crippen molar-refractivity contribution in [2.24, 2.45) is 5.41 Å². The molecule has 66 heavy (non-hydrogen) atoms. The second-order valence-electron chi connectivity index (χ2n) is 17.0. The van der Waals surface area contributed by atoms with Crippen LogP contribution in [0.25, 0.3) is 5.78 Å². The molecule has 0 radical (unpaired) electrons. The van der Waals surface area contributed by atoms with Gasteiger partial charge >= 0.3 is 6.18 Å². The Morgan fingerprint density at radius 2 is 1.80 bits per heavy atom. The fourth-order valence-corrected chi connectivity index (χ4v) is 10.2. The van der Waals surface area contributed by atoms with Crippen LogP contribution >= 0.6 is 27.5 Å². The molecule has 0 saturated heterocycles. The van der Waals surface area contributed by atoms with Gasteiger partial charge in [-0.05, 0) is 149 Å². The first kappa shape index (κ1) is 48.1. The number of amides is 3. The Labute approximate surface area is 392 Å². The standard InChI is InChI=1S/C28H26BrClF3N7O4.C18H24N2O2/c1-3-38(25(44)23-20(41)5-4-10-34-23)14(2)11-15-6-9-19-22(15)24(43)40-27(36-26(29)37-40)39(19)13-21(42)35-18-8-7-16(12-17(18)30)28(31,32)33;1-12-6-8-18(13(12)2)9-7-14(11-18)20-17(21)16-15(22-3)5-4-10-19-16/h4-5,7-8,10,12,14-15,41H,3,6,9,11,13H2,1-2H3,(H,35,42);4-5,10,14H,6-9,11H2,1-3H3,(H,20,21). The lowest BCUT2D eigenvalue weighted by Gasteiger charge is -2.30. The van der Waals surface area contributed by atoms with Crippen molar-refractivity contribution in [1.82, 2.24) is 39.3 Å². The third-order valence-corrected chi connectivity index (χ3v) is 13.8. The number of halogens is 5. The molecular weight excluding hydrogens is 947 g/mol. The van der Waals surface area contributed by atoms with Gasteiger partial charge in [0.1, 0.15) is 18.0 Å². The summed E-state index contributed by atoms with van der Waals surface area (Å²) in [5.74, 6) is -1.06. The van der Waals surface area contributed by atoms with E-state index in [0.29, 0.717) is 53.9 Å². The highest BCUT2D eigenvalue weighted by Gasteiger charge is 2.44. The van der Waals surface area contributed by atoms with E-state index in [2.05, 4.69) is 60.5 Å². The summed E-state index contributed by atoms with van der Waals surface area (Å²) in [5, 5.41) is 19.7. The summed E-state index contributed by atoms with van der Waals surface area (Å²) in [4.78, 5) is 66.5. The zero-order valence-electron chi connectivity index (χ0n) is 37.0. The number of methoxy groups -OCH3 is 1. The summed E-state index contributed by atoms with van der Waals surface area (Å²) < 4.78 is 47.1. The average Bonchev–Trinajstić information content (AvgIpc) is 4.07. The van der Waals surface area contributed by atoms with Crippen LogP contribution < -0.4 is 20.9 Å². The Morgan fingerprint density at radius 3 is 2.45 bits per heavy atom. The van der Waals surface area contributed by atoms with Crippen molar-refractivity contribution >= 4 is 56.7 Å². The molecular formula is C46H50BrClF3N9O6. The molecule has 3 N–H and O–H groups in total. The van der Waals surface area contributed by atoms with E-state index >= 15 is 0 Å². The quantitative estimate of drug-likeness (QED) is 0.108. The minimum absolute atomic E-state index is 0.00371. The molecule has 15 nitrogen and oxygen atoms in total. The van der Waals surface area contributed by atoms with E-state index in [-0.39, 0.29) is 63.1 Å². The van der Waals surface area contributed by atoms with E-state index < -0.39 is 29.1 Å². The minimum atomic E-state index is -4.59. The molecule has 1 aromatic carbocycles. The molecule has 350 valence electrons. The van der Waals surface area contributed by atoms with Gasteiger partial charge in [-0.3, -0.25) is 19.2 Å². The van der Waals surface area contributed by atoms with Crippen molar-refractivity contribution in [2.75, 3.05) is 19.0 Å². The molecule has 4 heterocycles. The highest BCUT2D eigenvalue weighted by molar-refractivity contribution is 9.10. The molecule has 1 spiro atoms. The SMILES string of the molecule is CCN(C(=O)c1ncccc1O)C(C)CC1CCc2c1c(=O)n1nc(Br)nc1n2CC(=O)Nc1ccc(C(F)(F)F)cc1Cl.COc1cccnc1C(=O)NC1CCC2(CCC(C)=C2C)C1. The number of ether oxygens (including phenoxy) is 1. The van der Waals surface area contributed by atoms with E-state index in [1.807, 2.05) is 13.8 Å². The van der Waals surface area contributed by atoms with Crippen molar-refractivity contribution in [1.29, 1.82) is 0 Å². The number of anilines is 1. The molecule has 1 fully saturated rings. The smallest absolute Gasteiger partial charge is 0.416 e. The lowest BCUT2D eigenvalue weighted by Crippen LogP contribution is -2.40. The van der Waals surface area contributed by atoms with Gasteiger partial charge in [0.15, 0.2) is 11.4 Å². The van der Waals surface area contributed by atoms with Gasteiger partial charge in [-0.15, -0.1) is 5.10 Å². The number of nitrogens with zero attached hydrogens (tertiary/aromatic N) is 7. The van der Waals surface area contributed by atoms with E-state index in [9.17, 15) is 37.5 Å². The maximum Gasteiger partial charge on any atom is 0.416 e. The second kappa shape index (κ2) is 19.6. The van der Waals surface area contributed by atoms with Crippen LogP contribution in [0, 0.1) is 5.41 Å². The van der Waals surface area contributed by atoms with E-state index in [1.165, 1.54) is 37.6 Å². The number of alkyl halides is 3. The average molecular weight is 997 g/mol. The van der Waals surface area contributed by atoms with E-state index in [0.717, 1.165) is 35.6 Å². The molecule has 3 aliphatic carbocycles. The molecule has 20 heteroatoms. The number of carbonyl (C=O) groups is 3. The normalized spacial score (nSPS) is 19.4. The third-order valence-electron chi connectivity index (χ3n) is 13.2. The lowest BCUT2D eigenvalue weighted by molar-refractivity contribution is -0.137. The molecule has 3 aliphatic rings. The Hall–Kier alpha value is -5.82. The van der Waals surface area contributed by atoms with Gasteiger partial charge in [0.05, 0.1) is 23.4 Å². The van der Waals surface area contributed by atoms with Gasteiger partial charge in [-0.1, -0.05) is 22.7 Å². The molecule has 4 unspecified atom stereocenters. The number of hydrogen-bond acceptors (Lipinski definition) is 10. The Bertz CT molecular complexity index is 2780. The second-order valence-corrected chi connectivity index (χ2v) is 18.1. The number of aromatic nitrogens is 6. The van der Waals surface area contributed by atoms with Crippen molar-refractivity contribution in [3.8, 4) is 11.5 Å². The number of nitrogens with one attached hydrogen (secondary N) is 2. The first-order valence-electron chi connectivity index (χ1n) is 21.6. The topological polar surface area (TPSA) is 186 Å². The Morgan fingerprint density at radius 1 is 1.08 bits per heavy atom. The van der Waals surface area contributed by atoms with Crippen molar-refractivity contribution in [3.05, 3.63) is 114 Å². The number of rotatable bonds is 11. The maximum atomic E-state index is 13.6. The summed E-state index contributed by atoms with van der Waals surface area (Å²) in [6, 6.07) is 8.96. The number of aromatic hydroxyl groups is 1. The summed E-state index contributed by atoms with van der Waals surface area (Å²) in [6.45, 7) is 8.19. The number of carbonyl (C=O) groups excluding carboxylic acids is 3. The van der Waals surface area contributed by atoms with Crippen molar-refractivity contribution in [2.45, 2.75) is 110 Å². The van der Waals surface area contributed by atoms with Gasteiger partial charge in [0, 0.05) is 42.3 Å². The van der Waals surface area contributed by atoms with Crippen LogP contribution in [0.2, 0.25) is 5.02 Å². The van der Waals surface area contributed by atoms with E-state index in [4.69, 9.17) is 16.3 Å². The fraction of sp³-hybridized carbons (Fsp3) is 0.435. The summed E-state index contributed by atoms with van der Waals surface area (Å²) >= 11 is 9.22. The summed E-state index contributed by atoms with van der Waals surface area (Å²) in [5.41, 5.74) is 3.39. The molecule has 3 amide bonds. The monoisotopic (exact) mass is 995 g/mol. The van der Waals surface area contributed by atoms with Crippen LogP contribution in [0.15, 0.2) is 75.5 Å². The minimum Gasteiger partial charge on any atom is -0.505 e. The van der Waals surface area contributed by atoms with Crippen molar-refractivity contribution in [3.63, 3.8) is 0 Å². The number of allylic oxidation sites excluding steroid dienone is 2. The number of pyridine rings is 2. The zero-order valence-corrected chi connectivity index (χ0v) is 39.3. The van der Waals surface area contributed by atoms with Crippen LogP contribution in [0.3, 0.4) is 0 Å². The number of hydrogen-bond donors (Lipinski definition) is 3.